The van der Waals surface area contributed by atoms with E-state index in [0.717, 1.165) is 12.0 Å². The van der Waals surface area contributed by atoms with Gasteiger partial charge in [0.1, 0.15) is 11.7 Å². The first-order valence-corrected chi connectivity index (χ1v) is 9.78. The van der Waals surface area contributed by atoms with Crippen molar-refractivity contribution in [3.63, 3.8) is 0 Å². The standard InChI is InChI=1S/C22H30N4O2/c1-15(2)12-18(16(3)4)25-21(27)19(13-17-8-6-5-7-9-17)26-22(28)20-14-23-10-11-24-20/h5-11,14-16,18-19H,12-13H2,1-4H3,(H,25,27)(H,26,28)/t18?,19-/m0/s1. The lowest BCUT2D eigenvalue weighted by Crippen LogP contribution is -2.52. The SMILES string of the molecule is CC(C)CC(NC(=O)[C@H](Cc1ccccc1)NC(=O)c1cnccn1)C(C)C. The third-order valence-corrected chi connectivity index (χ3v) is 4.56. The molecule has 1 aromatic heterocycles. The summed E-state index contributed by atoms with van der Waals surface area (Å²) in [7, 11) is 0. The molecule has 2 aromatic rings. The molecule has 0 saturated carbocycles. The quantitative estimate of drug-likeness (QED) is 0.698. The molecule has 1 heterocycles. The van der Waals surface area contributed by atoms with Crippen LogP contribution in [0, 0.1) is 11.8 Å². The van der Waals surface area contributed by atoms with Crippen molar-refractivity contribution >= 4 is 11.8 Å². The summed E-state index contributed by atoms with van der Waals surface area (Å²) in [5.74, 6) is 0.184. The second-order valence-corrected chi connectivity index (χ2v) is 7.80. The molecule has 6 nitrogen and oxygen atoms in total. The Kier molecular flexibility index (Phi) is 8.11. The maximum atomic E-state index is 13.0. The van der Waals surface area contributed by atoms with Crippen molar-refractivity contribution in [1.29, 1.82) is 0 Å². The molecule has 2 rings (SSSR count). The molecule has 0 saturated heterocycles. The van der Waals surface area contributed by atoms with E-state index in [0.29, 0.717) is 18.3 Å². The Morgan fingerprint density at radius 3 is 2.29 bits per heavy atom. The molecular formula is C22H30N4O2. The van der Waals surface area contributed by atoms with E-state index >= 15 is 0 Å². The van der Waals surface area contributed by atoms with Crippen LogP contribution >= 0.6 is 0 Å². The van der Waals surface area contributed by atoms with Crippen molar-refractivity contribution in [3.05, 3.63) is 60.2 Å². The van der Waals surface area contributed by atoms with E-state index in [1.807, 2.05) is 30.3 Å². The first-order chi connectivity index (χ1) is 13.4. The second kappa shape index (κ2) is 10.5. The van der Waals surface area contributed by atoms with Crippen LogP contribution in [0.1, 0.15) is 50.2 Å². The minimum absolute atomic E-state index is 0.0548. The summed E-state index contributed by atoms with van der Waals surface area (Å²) < 4.78 is 0. The predicted octanol–water partition coefficient (Wildman–Crippen LogP) is 3.00. The molecule has 0 aliphatic carbocycles. The summed E-state index contributed by atoms with van der Waals surface area (Å²) in [5.41, 5.74) is 1.17. The van der Waals surface area contributed by atoms with Gasteiger partial charge in [-0.25, -0.2) is 4.98 Å². The van der Waals surface area contributed by atoms with E-state index < -0.39 is 11.9 Å². The molecule has 2 atom stereocenters. The van der Waals surface area contributed by atoms with Crippen LogP contribution in [0.2, 0.25) is 0 Å². The van der Waals surface area contributed by atoms with Crippen molar-refractivity contribution in [1.82, 2.24) is 20.6 Å². The molecule has 2 N–H and O–H groups in total. The Bertz CT molecular complexity index is 748. The third kappa shape index (κ3) is 6.76. The normalized spacial score (nSPS) is 13.2. The summed E-state index contributed by atoms with van der Waals surface area (Å²) >= 11 is 0. The lowest BCUT2D eigenvalue weighted by atomic mass is 9.94. The largest absolute Gasteiger partial charge is 0.351 e. The van der Waals surface area contributed by atoms with Gasteiger partial charge in [0, 0.05) is 24.9 Å². The maximum Gasteiger partial charge on any atom is 0.272 e. The van der Waals surface area contributed by atoms with E-state index in [4.69, 9.17) is 0 Å². The van der Waals surface area contributed by atoms with E-state index in [2.05, 4.69) is 48.3 Å². The van der Waals surface area contributed by atoms with Crippen LogP contribution in [0.25, 0.3) is 0 Å². The van der Waals surface area contributed by atoms with Crippen molar-refractivity contribution in [2.45, 2.75) is 52.6 Å². The molecule has 6 heteroatoms. The van der Waals surface area contributed by atoms with Gasteiger partial charge in [-0.3, -0.25) is 14.6 Å². The first kappa shape index (κ1) is 21.5. The zero-order chi connectivity index (χ0) is 20.5. The van der Waals surface area contributed by atoms with Crippen molar-refractivity contribution in [3.8, 4) is 0 Å². The number of nitrogens with one attached hydrogen (secondary N) is 2. The van der Waals surface area contributed by atoms with Gasteiger partial charge in [0.25, 0.3) is 5.91 Å². The summed E-state index contributed by atoms with van der Waals surface area (Å²) in [6.07, 6.45) is 5.65. The maximum absolute atomic E-state index is 13.0. The van der Waals surface area contributed by atoms with Crippen LogP contribution in [0.4, 0.5) is 0 Å². The van der Waals surface area contributed by atoms with Gasteiger partial charge < -0.3 is 10.6 Å². The molecule has 28 heavy (non-hydrogen) atoms. The van der Waals surface area contributed by atoms with Crippen LogP contribution in [0.5, 0.6) is 0 Å². The van der Waals surface area contributed by atoms with Crippen LogP contribution in [-0.4, -0.2) is 33.9 Å². The number of rotatable bonds is 9. The zero-order valence-electron chi connectivity index (χ0n) is 17.1. The Morgan fingerprint density at radius 1 is 1.00 bits per heavy atom. The minimum Gasteiger partial charge on any atom is -0.351 e. The number of carbonyl (C=O) groups is 2. The number of aromatic nitrogens is 2. The molecule has 0 bridgehead atoms. The van der Waals surface area contributed by atoms with Crippen LogP contribution in [-0.2, 0) is 11.2 Å². The fourth-order valence-corrected chi connectivity index (χ4v) is 3.00. The molecule has 0 spiro atoms. The highest BCUT2D eigenvalue weighted by Crippen LogP contribution is 2.13. The van der Waals surface area contributed by atoms with Gasteiger partial charge in [-0.15, -0.1) is 0 Å². The number of carbonyl (C=O) groups excluding carboxylic acids is 2. The summed E-state index contributed by atoms with van der Waals surface area (Å²) in [6.45, 7) is 8.47. The van der Waals surface area contributed by atoms with Gasteiger partial charge in [-0.2, -0.15) is 0 Å². The van der Waals surface area contributed by atoms with Crippen molar-refractivity contribution in [2.75, 3.05) is 0 Å². The summed E-state index contributed by atoms with van der Waals surface area (Å²) in [5, 5.41) is 5.96. The van der Waals surface area contributed by atoms with E-state index in [9.17, 15) is 9.59 Å². The van der Waals surface area contributed by atoms with Gasteiger partial charge in [0.15, 0.2) is 0 Å². The topological polar surface area (TPSA) is 84.0 Å². The van der Waals surface area contributed by atoms with Crippen LogP contribution in [0.15, 0.2) is 48.9 Å². The highest BCUT2D eigenvalue weighted by Gasteiger charge is 2.26. The van der Waals surface area contributed by atoms with E-state index in [1.165, 1.54) is 18.6 Å². The second-order valence-electron chi connectivity index (χ2n) is 7.80. The number of hydrogen-bond acceptors (Lipinski definition) is 4. The minimum atomic E-state index is -0.690. The number of hydrogen-bond donors (Lipinski definition) is 2. The monoisotopic (exact) mass is 382 g/mol. The fourth-order valence-electron chi connectivity index (χ4n) is 3.00. The Balaban J connectivity index is 2.16. The first-order valence-electron chi connectivity index (χ1n) is 9.78. The number of benzene rings is 1. The van der Waals surface area contributed by atoms with Crippen LogP contribution < -0.4 is 10.6 Å². The summed E-state index contributed by atoms with van der Waals surface area (Å²) in [4.78, 5) is 33.5. The lowest BCUT2D eigenvalue weighted by Gasteiger charge is -2.27. The highest BCUT2D eigenvalue weighted by molar-refractivity contribution is 5.96. The molecule has 0 aliphatic heterocycles. The molecule has 1 unspecified atom stereocenters. The predicted molar refractivity (Wildman–Crippen MR) is 110 cm³/mol. The fraction of sp³-hybridized carbons (Fsp3) is 0.455. The summed E-state index contributed by atoms with van der Waals surface area (Å²) in [6, 6.07) is 9.03. The zero-order valence-corrected chi connectivity index (χ0v) is 17.1. The van der Waals surface area contributed by atoms with Gasteiger partial charge in [-0.05, 0) is 23.8 Å². The number of nitrogens with zero attached hydrogens (tertiary/aromatic N) is 2. The lowest BCUT2D eigenvalue weighted by molar-refractivity contribution is -0.124. The van der Waals surface area contributed by atoms with Gasteiger partial charge >= 0.3 is 0 Å². The molecule has 0 radical (unpaired) electrons. The molecular weight excluding hydrogens is 352 g/mol. The van der Waals surface area contributed by atoms with Crippen molar-refractivity contribution < 1.29 is 9.59 Å². The van der Waals surface area contributed by atoms with E-state index in [1.54, 1.807) is 0 Å². The Labute approximate surface area is 167 Å². The van der Waals surface area contributed by atoms with E-state index in [-0.39, 0.29) is 17.6 Å². The molecule has 1 aromatic carbocycles. The van der Waals surface area contributed by atoms with Gasteiger partial charge in [0.05, 0.1) is 6.20 Å². The van der Waals surface area contributed by atoms with Gasteiger partial charge in [0.2, 0.25) is 5.91 Å². The average Bonchev–Trinajstić information content (AvgIpc) is 2.68. The smallest absolute Gasteiger partial charge is 0.272 e. The average molecular weight is 383 g/mol. The van der Waals surface area contributed by atoms with Crippen LogP contribution in [0.3, 0.4) is 0 Å². The van der Waals surface area contributed by atoms with Gasteiger partial charge in [-0.1, -0.05) is 58.0 Å². The Morgan fingerprint density at radius 2 is 1.71 bits per heavy atom. The Hall–Kier alpha value is -2.76. The highest BCUT2D eigenvalue weighted by atomic mass is 16.2. The number of amides is 2. The third-order valence-electron chi connectivity index (χ3n) is 4.56. The molecule has 150 valence electrons. The molecule has 0 aliphatic rings. The molecule has 2 amide bonds. The molecule has 0 fully saturated rings. The van der Waals surface area contributed by atoms with Crippen molar-refractivity contribution in [2.24, 2.45) is 11.8 Å².